The van der Waals surface area contributed by atoms with Gasteiger partial charge in [-0.15, -0.1) is 0 Å². The van der Waals surface area contributed by atoms with Gasteiger partial charge in [-0.2, -0.15) is 0 Å². The second kappa shape index (κ2) is 5.60. The molecule has 0 bridgehead atoms. The van der Waals surface area contributed by atoms with E-state index in [4.69, 9.17) is 11.5 Å². The number of aryl methyl sites for hydroxylation is 2. The van der Waals surface area contributed by atoms with Gasteiger partial charge in [0.1, 0.15) is 5.56 Å². The molecule has 23 heavy (non-hydrogen) atoms. The van der Waals surface area contributed by atoms with E-state index in [1.807, 2.05) is 13.8 Å². The van der Waals surface area contributed by atoms with Crippen LogP contribution in [0.1, 0.15) is 58.8 Å². The van der Waals surface area contributed by atoms with Crippen molar-refractivity contribution >= 4 is 16.8 Å². The smallest absolute Gasteiger partial charge is 0.253 e. The number of benzene rings is 1. The molecule has 3 rings (SSSR count). The zero-order valence-corrected chi connectivity index (χ0v) is 13.3. The summed E-state index contributed by atoms with van der Waals surface area (Å²) in [5.74, 6) is -3.25. The normalized spacial score (nSPS) is 21.8. The summed E-state index contributed by atoms with van der Waals surface area (Å²) in [7, 11) is 0. The molecule has 1 aromatic heterocycles. The first kappa shape index (κ1) is 15.9. The summed E-state index contributed by atoms with van der Waals surface area (Å²) in [6.07, 6.45) is 3.16. The first-order valence-electron chi connectivity index (χ1n) is 7.88. The number of aromatic amines is 1. The van der Waals surface area contributed by atoms with Crippen LogP contribution in [-0.4, -0.2) is 16.9 Å². The van der Waals surface area contributed by atoms with Crippen molar-refractivity contribution in [3.63, 3.8) is 0 Å². The van der Waals surface area contributed by atoms with Crippen molar-refractivity contribution in [2.45, 2.75) is 51.5 Å². The van der Waals surface area contributed by atoms with Crippen LogP contribution in [-0.2, 0) is 0 Å². The molecule has 2 atom stereocenters. The van der Waals surface area contributed by atoms with Crippen LogP contribution < -0.4 is 11.5 Å². The SMILES string of the molecule is Cc1[nH]c2c(C(N)=O)c(F)c(F)c(C3CCCC(N)C3)c2c1C. The van der Waals surface area contributed by atoms with Gasteiger partial charge in [0.25, 0.3) is 5.91 Å². The number of nitrogens with one attached hydrogen (secondary N) is 1. The monoisotopic (exact) mass is 321 g/mol. The van der Waals surface area contributed by atoms with Crippen molar-refractivity contribution in [3.8, 4) is 0 Å². The Morgan fingerprint density at radius 3 is 2.52 bits per heavy atom. The maximum absolute atomic E-state index is 14.8. The summed E-state index contributed by atoms with van der Waals surface area (Å²) in [6.45, 7) is 3.65. The molecule has 1 aromatic carbocycles. The van der Waals surface area contributed by atoms with Gasteiger partial charge in [0, 0.05) is 22.7 Å². The van der Waals surface area contributed by atoms with E-state index in [1.54, 1.807) is 0 Å². The third kappa shape index (κ3) is 2.41. The Bertz CT molecular complexity index is 797. The number of nitrogens with two attached hydrogens (primary N) is 2. The first-order chi connectivity index (χ1) is 10.8. The van der Waals surface area contributed by atoms with E-state index in [9.17, 15) is 13.6 Å². The van der Waals surface area contributed by atoms with Gasteiger partial charge in [-0.25, -0.2) is 8.78 Å². The molecule has 4 nitrogen and oxygen atoms in total. The zero-order chi connectivity index (χ0) is 16.9. The van der Waals surface area contributed by atoms with Crippen molar-refractivity contribution in [2.24, 2.45) is 11.5 Å². The lowest BCUT2D eigenvalue weighted by atomic mass is 9.79. The molecule has 5 N–H and O–H groups in total. The lowest BCUT2D eigenvalue weighted by Crippen LogP contribution is -2.28. The Balaban J connectivity index is 2.35. The van der Waals surface area contributed by atoms with Crippen molar-refractivity contribution in [1.82, 2.24) is 4.98 Å². The molecule has 1 amide bonds. The van der Waals surface area contributed by atoms with Gasteiger partial charge in [-0.3, -0.25) is 4.79 Å². The molecular formula is C17H21F2N3O. The van der Waals surface area contributed by atoms with Gasteiger partial charge in [-0.05, 0) is 44.6 Å². The second-order valence-corrected chi connectivity index (χ2v) is 6.53. The lowest BCUT2D eigenvalue weighted by Gasteiger charge is -2.28. The number of halogens is 2. The summed E-state index contributed by atoms with van der Waals surface area (Å²) in [5, 5.41) is 0.578. The number of carbonyl (C=O) groups is 1. The Morgan fingerprint density at radius 2 is 1.91 bits per heavy atom. The highest BCUT2D eigenvalue weighted by Crippen LogP contribution is 2.41. The number of aromatic nitrogens is 1. The van der Waals surface area contributed by atoms with Gasteiger partial charge < -0.3 is 16.5 Å². The number of rotatable bonds is 2. The first-order valence-corrected chi connectivity index (χ1v) is 7.88. The van der Waals surface area contributed by atoms with E-state index < -0.39 is 23.1 Å². The van der Waals surface area contributed by atoms with Crippen molar-refractivity contribution in [1.29, 1.82) is 0 Å². The van der Waals surface area contributed by atoms with E-state index in [0.29, 0.717) is 22.9 Å². The largest absolute Gasteiger partial charge is 0.365 e. The minimum absolute atomic E-state index is 0.0116. The molecule has 124 valence electrons. The van der Waals surface area contributed by atoms with Crippen LogP contribution in [0.25, 0.3) is 10.9 Å². The predicted molar refractivity (Wildman–Crippen MR) is 85.4 cm³/mol. The molecule has 0 saturated heterocycles. The molecule has 1 fully saturated rings. The Labute approximate surface area is 133 Å². The van der Waals surface area contributed by atoms with E-state index in [-0.39, 0.29) is 12.0 Å². The molecule has 0 radical (unpaired) electrons. The van der Waals surface area contributed by atoms with E-state index in [2.05, 4.69) is 4.98 Å². The van der Waals surface area contributed by atoms with E-state index >= 15 is 0 Å². The van der Waals surface area contributed by atoms with E-state index in [0.717, 1.165) is 30.5 Å². The highest BCUT2D eigenvalue weighted by molar-refractivity contribution is 6.07. The maximum Gasteiger partial charge on any atom is 0.253 e. The van der Waals surface area contributed by atoms with Gasteiger partial charge in [0.2, 0.25) is 0 Å². The molecule has 6 heteroatoms. The standard InChI is InChI=1S/C17H21F2N3O/c1-7-8(2)22-16-11(7)12(9-4-3-5-10(20)6-9)14(18)15(19)13(16)17(21)23/h9-10,22H,3-6,20H2,1-2H3,(H2,21,23). The fourth-order valence-electron chi connectivity index (χ4n) is 3.79. The molecule has 2 aromatic rings. The van der Waals surface area contributed by atoms with Gasteiger partial charge in [0.05, 0.1) is 5.52 Å². The molecule has 0 aliphatic heterocycles. The molecule has 1 aliphatic carbocycles. The lowest BCUT2D eigenvalue weighted by molar-refractivity contribution is 0.0997. The van der Waals surface area contributed by atoms with Crippen LogP contribution in [0, 0.1) is 25.5 Å². The number of hydrogen-bond acceptors (Lipinski definition) is 2. The van der Waals surface area contributed by atoms with Gasteiger partial charge in [-0.1, -0.05) is 6.42 Å². The Morgan fingerprint density at radius 1 is 1.22 bits per heavy atom. The molecule has 0 spiro atoms. The highest BCUT2D eigenvalue weighted by atomic mass is 19.2. The van der Waals surface area contributed by atoms with Crippen LogP contribution in [0.2, 0.25) is 0 Å². The van der Waals surface area contributed by atoms with Gasteiger partial charge >= 0.3 is 0 Å². The van der Waals surface area contributed by atoms with Crippen LogP contribution in [0.5, 0.6) is 0 Å². The third-order valence-electron chi connectivity index (χ3n) is 5.04. The Kier molecular flexibility index (Phi) is 3.88. The number of fused-ring (bicyclic) bond motifs is 1. The number of H-pyrrole nitrogens is 1. The third-order valence-corrected chi connectivity index (χ3v) is 5.04. The highest BCUT2D eigenvalue weighted by Gasteiger charge is 2.31. The minimum atomic E-state index is -1.17. The van der Waals surface area contributed by atoms with Gasteiger partial charge in [0.15, 0.2) is 11.6 Å². The van der Waals surface area contributed by atoms with Crippen LogP contribution in [0.4, 0.5) is 8.78 Å². The minimum Gasteiger partial charge on any atom is -0.365 e. The second-order valence-electron chi connectivity index (χ2n) is 6.53. The van der Waals surface area contributed by atoms with Crippen molar-refractivity contribution in [2.75, 3.05) is 0 Å². The van der Waals surface area contributed by atoms with Crippen LogP contribution in [0.3, 0.4) is 0 Å². The summed E-state index contributed by atoms with van der Waals surface area (Å²) < 4.78 is 29.3. The van der Waals surface area contributed by atoms with Crippen molar-refractivity contribution < 1.29 is 13.6 Å². The fraction of sp³-hybridized carbons (Fsp3) is 0.471. The average molecular weight is 321 g/mol. The molecular weight excluding hydrogens is 300 g/mol. The predicted octanol–water partition coefficient (Wildman–Crippen LogP) is 3.15. The summed E-state index contributed by atoms with van der Waals surface area (Å²) in [4.78, 5) is 14.6. The zero-order valence-electron chi connectivity index (χ0n) is 13.3. The van der Waals surface area contributed by atoms with Crippen LogP contribution >= 0.6 is 0 Å². The maximum atomic E-state index is 14.8. The number of amides is 1. The summed E-state index contributed by atoms with van der Waals surface area (Å²) in [6, 6.07) is -0.0116. The number of primary amides is 1. The quantitative estimate of drug-likeness (QED) is 0.794. The number of hydrogen-bond donors (Lipinski definition) is 3. The van der Waals surface area contributed by atoms with Crippen molar-refractivity contribution in [3.05, 3.63) is 34.0 Å². The molecule has 1 aliphatic rings. The molecule has 1 heterocycles. The molecule has 1 saturated carbocycles. The fourth-order valence-corrected chi connectivity index (χ4v) is 3.79. The van der Waals surface area contributed by atoms with Crippen LogP contribution in [0.15, 0.2) is 0 Å². The topological polar surface area (TPSA) is 84.9 Å². The summed E-state index contributed by atoms with van der Waals surface area (Å²) in [5.41, 5.74) is 13.1. The molecule has 2 unspecified atom stereocenters. The number of carbonyl (C=O) groups excluding carboxylic acids is 1. The van der Waals surface area contributed by atoms with E-state index in [1.165, 1.54) is 0 Å². The summed E-state index contributed by atoms with van der Waals surface area (Å²) >= 11 is 0. The Hall–Kier alpha value is -1.95. The average Bonchev–Trinajstić information content (AvgIpc) is 2.76.